The molecule has 4 rings (SSSR count). The zero-order chi connectivity index (χ0) is 27.0. The Bertz CT molecular complexity index is 1410. The van der Waals surface area contributed by atoms with E-state index in [1.807, 2.05) is 42.0 Å². The van der Waals surface area contributed by atoms with Gasteiger partial charge in [0.1, 0.15) is 28.0 Å². The fraction of sp³-hybridized carbons (Fsp3) is 0.346. The highest BCUT2D eigenvalue weighted by atomic mass is 35.5. The van der Waals surface area contributed by atoms with E-state index in [4.69, 9.17) is 27.6 Å². The third-order valence-electron chi connectivity index (χ3n) is 6.83. The van der Waals surface area contributed by atoms with Crippen molar-refractivity contribution in [3.63, 3.8) is 0 Å². The number of fused-ring (bicyclic) bond motifs is 1. The molecule has 0 spiro atoms. The Balaban J connectivity index is 1.70. The predicted octanol–water partition coefficient (Wildman–Crippen LogP) is 6.49. The second-order valence-corrected chi connectivity index (χ2v) is 15.8. The van der Waals surface area contributed by atoms with Crippen molar-refractivity contribution in [1.29, 1.82) is 0 Å². The highest BCUT2D eigenvalue weighted by Crippen LogP contribution is 2.36. The molecule has 0 aliphatic rings. The molecule has 0 saturated heterocycles. The molecule has 37 heavy (non-hydrogen) atoms. The van der Waals surface area contributed by atoms with Crippen LogP contribution in [0, 0.1) is 6.92 Å². The van der Waals surface area contributed by atoms with Crippen LogP contribution in [-0.2, 0) is 4.43 Å². The lowest BCUT2D eigenvalue weighted by Gasteiger charge is -2.37. The summed E-state index contributed by atoms with van der Waals surface area (Å²) >= 11 is 12.6. The first kappa shape index (κ1) is 27.2. The second-order valence-electron chi connectivity index (χ2n) is 10.3. The summed E-state index contributed by atoms with van der Waals surface area (Å²) in [6.45, 7) is 13.4. The van der Waals surface area contributed by atoms with E-state index in [1.165, 1.54) is 6.33 Å². The summed E-state index contributed by atoms with van der Waals surface area (Å²) in [5.41, 5.74) is 2.56. The minimum atomic E-state index is -2.02. The molecule has 0 aliphatic carbocycles. The van der Waals surface area contributed by atoms with Crippen molar-refractivity contribution >= 4 is 54.0 Å². The molecule has 0 saturated carbocycles. The van der Waals surface area contributed by atoms with Crippen LogP contribution in [0.2, 0.25) is 28.4 Å². The molecule has 1 aromatic carbocycles. The molecular weight excluding hydrogens is 527 g/mol. The number of hydrogen-bond donors (Lipinski definition) is 0. The molecule has 0 fully saturated rings. The Morgan fingerprint density at radius 1 is 1.05 bits per heavy atom. The van der Waals surface area contributed by atoms with Gasteiger partial charge in [-0.3, -0.25) is 4.79 Å². The average molecular weight is 558 g/mol. The second kappa shape index (κ2) is 10.5. The van der Waals surface area contributed by atoms with Gasteiger partial charge in [0.15, 0.2) is 8.32 Å². The molecule has 3 aromatic heterocycles. The Morgan fingerprint density at radius 2 is 1.70 bits per heavy atom. The number of halogens is 2. The van der Waals surface area contributed by atoms with E-state index in [0.717, 1.165) is 16.6 Å². The van der Waals surface area contributed by atoms with E-state index >= 15 is 0 Å². The highest BCUT2D eigenvalue weighted by Gasteiger charge is 2.37. The Morgan fingerprint density at radius 3 is 2.32 bits per heavy atom. The highest BCUT2D eigenvalue weighted by molar-refractivity contribution is 6.74. The molecule has 4 aromatic rings. The van der Waals surface area contributed by atoms with Crippen LogP contribution in [0.25, 0.3) is 16.6 Å². The first-order valence-electron chi connectivity index (χ1n) is 11.9. The molecule has 194 valence electrons. The van der Waals surface area contributed by atoms with Crippen LogP contribution < -0.4 is 4.90 Å². The molecular formula is C26H30Cl2N6O2Si. The van der Waals surface area contributed by atoms with Crippen LogP contribution in [0.15, 0.2) is 49.2 Å². The van der Waals surface area contributed by atoms with Gasteiger partial charge in [0.25, 0.3) is 5.91 Å². The van der Waals surface area contributed by atoms with Crippen LogP contribution >= 0.6 is 23.2 Å². The Kier molecular flexibility index (Phi) is 7.71. The van der Waals surface area contributed by atoms with Crippen molar-refractivity contribution in [1.82, 2.24) is 24.5 Å². The maximum Gasteiger partial charge on any atom is 0.264 e. The normalized spacial score (nSPS) is 12.2. The van der Waals surface area contributed by atoms with Crippen molar-refractivity contribution in [3.8, 4) is 5.69 Å². The summed E-state index contributed by atoms with van der Waals surface area (Å²) in [6, 6.07) is 7.80. The van der Waals surface area contributed by atoms with Gasteiger partial charge < -0.3 is 13.9 Å². The first-order chi connectivity index (χ1) is 17.4. The topological polar surface area (TPSA) is 86.0 Å². The largest absolute Gasteiger partial charge is 0.415 e. The third kappa shape index (κ3) is 5.69. The van der Waals surface area contributed by atoms with E-state index in [0.29, 0.717) is 24.7 Å². The number of aryl methyl sites for hydroxylation is 1. The van der Waals surface area contributed by atoms with Crippen molar-refractivity contribution in [2.45, 2.75) is 45.8 Å². The molecule has 8 nitrogen and oxygen atoms in total. The van der Waals surface area contributed by atoms with Crippen molar-refractivity contribution in [3.05, 3.63) is 70.9 Å². The number of benzene rings is 1. The maximum atomic E-state index is 13.7. The summed E-state index contributed by atoms with van der Waals surface area (Å²) in [7, 11) is -2.02. The first-order valence-corrected chi connectivity index (χ1v) is 15.6. The molecule has 1 amide bonds. The van der Waals surface area contributed by atoms with Gasteiger partial charge in [-0.1, -0.05) is 44.0 Å². The van der Waals surface area contributed by atoms with Crippen molar-refractivity contribution in [2.75, 3.05) is 18.1 Å². The number of hydrogen-bond acceptors (Lipinski definition) is 6. The van der Waals surface area contributed by atoms with Crippen molar-refractivity contribution < 1.29 is 9.22 Å². The number of rotatable bonds is 7. The smallest absolute Gasteiger partial charge is 0.264 e. The maximum absolute atomic E-state index is 13.7. The molecule has 0 aliphatic heterocycles. The zero-order valence-corrected chi connectivity index (χ0v) is 24.3. The van der Waals surface area contributed by atoms with Crippen LogP contribution in [0.5, 0.6) is 0 Å². The van der Waals surface area contributed by atoms with Gasteiger partial charge in [0.05, 0.1) is 30.2 Å². The number of amides is 1. The van der Waals surface area contributed by atoms with Crippen LogP contribution in [0.1, 0.15) is 37.0 Å². The molecule has 0 atom stereocenters. The van der Waals surface area contributed by atoms with Gasteiger partial charge in [-0.15, -0.1) is 0 Å². The van der Waals surface area contributed by atoms with Gasteiger partial charge in [-0.05, 0) is 49.3 Å². The van der Waals surface area contributed by atoms with Gasteiger partial charge in [-0.2, -0.15) is 0 Å². The number of anilines is 1. The molecule has 3 heterocycles. The number of nitrogens with zero attached hydrogens (tertiary/aromatic N) is 6. The van der Waals surface area contributed by atoms with Gasteiger partial charge in [-0.25, -0.2) is 19.9 Å². The lowest BCUT2D eigenvalue weighted by atomic mass is 10.2. The summed E-state index contributed by atoms with van der Waals surface area (Å²) in [6.07, 6.45) is 6.75. The quantitative estimate of drug-likeness (QED) is 0.191. The summed E-state index contributed by atoms with van der Waals surface area (Å²) in [5.74, 6) is 0.318. The molecule has 11 heteroatoms. The molecule has 0 unspecified atom stereocenters. The monoisotopic (exact) mass is 556 g/mol. The van der Waals surface area contributed by atoms with Gasteiger partial charge in [0, 0.05) is 23.8 Å². The standard InChI is InChI=1S/C26H30Cl2N6O2Si/c1-17-29-14-20(15-30-17)33-10-9-18-13-19(7-8-21(18)33)34(11-12-36-37(5,6)26(2,3)4)25(35)22-23(27)31-16-32-24(22)28/h7-10,13-16H,11-12H2,1-6H3. The molecule has 0 radical (unpaired) electrons. The fourth-order valence-corrected chi connectivity index (χ4v) is 5.16. The van der Waals surface area contributed by atoms with Gasteiger partial charge >= 0.3 is 0 Å². The van der Waals surface area contributed by atoms with Crippen molar-refractivity contribution in [2.24, 2.45) is 0 Å². The predicted molar refractivity (Wildman–Crippen MR) is 150 cm³/mol. The summed E-state index contributed by atoms with van der Waals surface area (Å²) in [4.78, 5) is 31.9. The third-order valence-corrected chi connectivity index (χ3v) is 11.9. The van der Waals surface area contributed by atoms with Crippen LogP contribution in [0.4, 0.5) is 5.69 Å². The van der Waals surface area contributed by atoms with Crippen LogP contribution in [-0.4, -0.2) is 51.9 Å². The van der Waals surface area contributed by atoms with Crippen LogP contribution in [0.3, 0.4) is 0 Å². The Labute approximate surface area is 227 Å². The van der Waals surface area contributed by atoms with E-state index in [1.54, 1.807) is 17.3 Å². The van der Waals surface area contributed by atoms with E-state index < -0.39 is 8.32 Å². The SMILES string of the molecule is Cc1ncc(-n2ccc3cc(N(CCO[Si](C)(C)C(C)(C)C)C(=O)c4c(Cl)ncnc4Cl)ccc32)cn1. The molecule has 0 N–H and O–H groups in total. The van der Waals surface area contributed by atoms with E-state index in [2.05, 4.69) is 53.8 Å². The zero-order valence-electron chi connectivity index (χ0n) is 21.8. The Hall–Kier alpha value is -2.85. The summed E-state index contributed by atoms with van der Waals surface area (Å²) < 4.78 is 8.39. The number of aromatic nitrogens is 5. The summed E-state index contributed by atoms with van der Waals surface area (Å²) in [5, 5.41) is 1.00. The number of carbonyl (C=O) groups is 1. The average Bonchev–Trinajstić information content (AvgIpc) is 3.24. The lowest BCUT2D eigenvalue weighted by molar-refractivity contribution is 0.0981. The minimum Gasteiger partial charge on any atom is -0.415 e. The molecule has 0 bridgehead atoms. The van der Waals surface area contributed by atoms with E-state index in [9.17, 15) is 4.79 Å². The van der Waals surface area contributed by atoms with Gasteiger partial charge in [0.2, 0.25) is 0 Å². The number of carbonyl (C=O) groups excluding carboxylic acids is 1. The fourth-order valence-electron chi connectivity index (χ4n) is 3.65. The lowest BCUT2D eigenvalue weighted by Crippen LogP contribution is -2.43. The minimum absolute atomic E-state index is 0.00640. The van der Waals surface area contributed by atoms with E-state index in [-0.39, 0.29) is 26.8 Å².